The molecular weight excluding hydrogens is 418 g/mol. The Morgan fingerprint density at radius 3 is 2.06 bits per heavy atom. The lowest BCUT2D eigenvalue weighted by atomic mass is 10.1. The third kappa shape index (κ3) is 4.59. The lowest BCUT2D eigenvalue weighted by Crippen LogP contribution is -2.15. The SMILES string of the molecule is Cc1ccc(-c2nnc(-c3ccc(C(=O)OCC(=O)c4ccc(F)cc4F)cc3)o2)cc1. The van der Waals surface area contributed by atoms with E-state index >= 15 is 0 Å². The quantitative estimate of drug-likeness (QED) is 0.313. The van der Waals surface area contributed by atoms with Crippen molar-refractivity contribution in [3.05, 3.63) is 95.1 Å². The molecule has 0 aliphatic rings. The third-order valence-electron chi connectivity index (χ3n) is 4.66. The minimum absolute atomic E-state index is 0.180. The summed E-state index contributed by atoms with van der Waals surface area (Å²) >= 11 is 0. The van der Waals surface area contributed by atoms with Gasteiger partial charge < -0.3 is 9.15 Å². The van der Waals surface area contributed by atoms with Crippen molar-refractivity contribution in [2.24, 2.45) is 0 Å². The van der Waals surface area contributed by atoms with Crippen molar-refractivity contribution in [3.63, 3.8) is 0 Å². The lowest BCUT2D eigenvalue weighted by Gasteiger charge is -2.06. The van der Waals surface area contributed by atoms with Gasteiger partial charge >= 0.3 is 5.97 Å². The minimum atomic E-state index is -1.01. The monoisotopic (exact) mass is 434 g/mol. The number of esters is 1. The van der Waals surface area contributed by atoms with Crippen LogP contribution in [0.15, 0.2) is 71.1 Å². The third-order valence-corrected chi connectivity index (χ3v) is 4.66. The second-order valence-corrected chi connectivity index (χ2v) is 6.98. The standard InChI is InChI=1S/C24H16F2N2O4/c1-14-2-4-15(5-3-14)22-27-28-23(32-22)16-6-8-17(9-7-16)24(30)31-13-21(29)19-11-10-18(25)12-20(19)26/h2-12H,13H2,1H3. The van der Waals surface area contributed by atoms with Crippen LogP contribution in [-0.4, -0.2) is 28.6 Å². The largest absolute Gasteiger partial charge is 0.454 e. The summed E-state index contributed by atoms with van der Waals surface area (Å²) in [6.07, 6.45) is 0. The smallest absolute Gasteiger partial charge is 0.338 e. The highest BCUT2D eigenvalue weighted by molar-refractivity contribution is 5.99. The zero-order chi connectivity index (χ0) is 22.7. The van der Waals surface area contributed by atoms with Crippen molar-refractivity contribution in [1.82, 2.24) is 10.2 Å². The van der Waals surface area contributed by atoms with Gasteiger partial charge in [0.25, 0.3) is 0 Å². The van der Waals surface area contributed by atoms with Gasteiger partial charge in [-0.05, 0) is 55.5 Å². The number of hydrogen-bond donors (Lipinski definition) is 0. The van der Waals surface area contributed by atoms with Gasteiger partial charge in [-0.15, -0.1) is 10.2 Å². The van der Waals surface area contributed by atoms with E-state index in [0.29, 0.717) is 17.5 Å². The Hall–Kier alpha value is -4.20. The number of hydrogen-bond acceptors (Lipinski definition) is 6. The summed E-state index contributed by atoms with van der Waals surface area (Å²) in [5.74, 6) is -2.71. The average Bonchev–Trinajstić information content (AvgIpc) is 3.28. The number of nitrogens with zero attached hydrogens (tertiary/aromatic N) is 2. The number of halogens is 2. The van der Waals surface area contributed by atoms with Crippen LogP contribution in [0.25, 0.3) is 22.9 Å². The summed E-state index contributed by atoms with van der Waals surface area (Å²) < 4.78 is 37.3. The Bertz CT molecular complexity index is 1280. The first-order chi connectivity index (χ1) is 15.4. The molecule has 4 rings (SSSR count). The molecule has 32 heavy (non-hydrogen) atoms. The summed E-state index contributed by atoms with van der Waals surface area (Å²) in [5, 5.41) is 8.07. The minimum Gasteiger partial charge on any atom is -0.454 e. The van der Waals surface area contributed by atoms with E-state index < -0.39 is 30.0 Å². The maximum atomic E-state index is 13.7. The molecule has 6 nitrogen and oxygen atoms in total. The fourth-order valence-corrected chi connectivity index (χ4v) is 2.91. The van der Waals surface area contributed by atoms with Crippen LogP contribution in [-0.2, 0) is 4.74 Å². The molecule has 8 heteroatoms. The van der Waals surface area contributed by atoms with Gasteiger partial charge in [-0.1, -0.05) is 17.7 Å². The van der Waals surface area contributed by atoms with E-state index in [1.165, 1.54) is 12.1 Å². The van der Waals surface area contributed by atoms with Crippen molar-refractivity contribution in [1.29, 1.82) is 0 Å². The first kappa shape index (κ1) is 21.0. The topological polar surface area (TPSA) is 82.3 Å². The van der Waals surface area contributed by atoms with E-state index in [1.807, 2.05) is 31.2 Å². The van der Waals surface area contributed by atoms with E-state index in [0.717, 1.165) is 23.3 Å². The molecule has 0 radical (unpaired) electrons. The summed E-state index contributed by atoms with van der Waals surface area (Å²) in [6, 6.07) is 16.4. The summed E-state index contributed by atoms with van der Waals surface area (Å²) in [7, 11) is 0. The predicted molar refractivity (Wildman–Crippen MR) is 111 cm³/mol. The lowest BCUT2D eigenvalue weighted by molar-refractivity contribution is 0.0473. The van der Waals surface area contributed by atoms with E-state index in [2.05, 4.69) is 10.2 Å². The van der Waals surface area contributed by atoms with Crippen LogP contribution in [0, 0.1) is 18.6 Å². The van der Waals surface area contributed by atoms with Crippen LogP contribution >= 0.6 is 0 Å². The molecule has 0 unspecified atom stereocenters. The molecule has 0 N–H and O–H groups in total. The van der Waals surface area contributed by atoms with Crippen molar-refractivity contribution >= 4 is 11.8 Å². The maximum Gasteiger partial charge on any atom is 0.338 e. The summed E-state index contributed by atoms with van der Waals surface area (Å²) in [4.78, 5) is 24.2. The Labute approximate surface area is 181 Å². The van der Waals surface area contributed by atoms with Crippen molar-refractivity contribution < 1.29 is 27.5 Å². The van der Waals surface area contributed by atoms with Gasteiger partial charge in [0.1, 0.15) is 11.6 Å². The Morgan fingerprint density at radius 2 is 1.47 bits per heavy atom. The van der Waals surface area contributed by atoms with Crippen LogP contribution in [0.4, 0.5) is 8.78 Å². The first-order valence-electron chi connectivity index (χ1n) is 9.57. The van der Waals surface area contributed by atoms with E-state index in [9.17, 15) is 18.4 Å². The molecular formula is C24H16F2N2O4. The van der Waals surface area contributed by atoms with Crippen molar-refractivity contribution in [3.8, 4) is 22.9 Å². The second kappa shape index (κ2) is 8.89. The Kier molecular flexibility index (Phi) is 5.85. The summed E-state index contributed by atoms with van der Waals surface area (Å²) in [5.41, 5.74) is 2.32. The van der Waals surface area contributed by atoms with Crippen LogP contribution in [0.3, 0.4) is 0 Å². The number of ketones is 1. The highest BCUT2D eigenvalue weighted by Crippen LogP contribution is 2.24. The molecule has 0 saturated carbocycles. The molecule has 4 aromatic rings. The number of aryl methyl sites for hydroxylation is 1. The molecule has 160 valence electrons. The molecule has 3 aromatic carbocycles. The van der Waals surface area contributed by atoms with E-state index in [4.69, 9.17) is 9.15 Å². The van der Waals surface area contributed by atoms with Gasteiger partial charge in [0, 0.05) is 17.2 Å². The zero-order valence-corrected chi connectivity index (χ0v) is 16.8. The first-order valence-corrected chi connectivity index (χ1v) is 9.57. The normalized spacial score (nSPS) is 10.7. The molecule has 0 fully saturated rings. The average molecular weight is 434 g/mol. The molecule has 0 amide bonds. The highest BCUT2D eigenvalue weighted by Gasteiger charge is 2.16. The molecule has 0 spiro atoms. The molecule has 1 heterocycles. The maximum absolute atomic E-state index is 13.7. The number of carbonyl (C=O) groups is 2. The predicted octanol–water partition coefficient (Wildman–Crippen LogP) is 5.03. The van der Waals surface area contributed by atoms with Gasteiger partial charge in [0.15, 0.2) is 6.61 Å². The highest BCUT2D eigenvalue weighted by atomic mass is 19.1. The number of aromatic nitrogens is 2. The second-order valence-electron chi connectivity index (χ2n) is 6.98. The van der Waals surface area contributed by atoms with Crippen molar-refractivity contribution in [2.75, 3.05) is 6.61 Å². The molecule has 0 saturated heterocycles. The van der Waals surface area contributed by atoms with Crippen LogP contribution < -0.4 is 0 Å². The van der Waals surface area contributed by atoms with Gasteiger partial charge in [-0.3, -0.25) is 4.79 Å². The molecule has 0 atom stereocenters. The van der Waals surface area contributed by atoms with Gasteiger partial charge in [0.2, 0.25) is 17.6 Å². The van der Waals surface area contributed by atoms with Gasteiger partial charge in [-0.25, -0.2) is 13.6 Å². The molecule has 1 aromatic heterocycles. The fraction of sp³-hybridized carbons (Fsp3) is 0.0833. The van der Waals surface area contributed by atoms with Crippen molar-refractivity contribution in [2.45, 2.75) is 6.92 Å². The molecule has 0 aliphatic heterocycles. The number of Topliss-reactive ketones (excluding diaryl/α,β-unsaturated/α-hetero) is 1. The number of benzene rings is 3. The molecule has 0 aliphatic carbocycles. The number of carbonyl (C=O) groups excluding carboxylic acids is 2. The zero-order valence-electron chi connectivity index (χ0n) is 16.8. The van der Waals surface area contributed by atoms with Crippen LogP contribution in [0.1, 0.15) is 26.3 Å². The van der Waals surface area contributed by atoms with E-state index in [1.54, 1.807) is 12.1 Å². The van der Waals surface area contributed by atoms with Crippen LogP contribution in [0.2, 0.25) is 0 Å². The van der Waals surface area contributed by atoms with Crippen LogP contribution in [0.5, 0.6) is 0 Å². The number of rotatable bonds is 6. The number of ether oxygens (including phenoxy) is 1. The fourth-order valence-electron chi connectivity index (χ4n) is 2.91. The molecule has 0 bridgehead atoms. The Balaban J connectivity index is 1.40. The Morgan fingerprint density at radius 1 is 0.875 bits per heavy atom. The van der Waals surface area contributed by atoms with Gasteiger partial charge in [0.05, 0.1) is 11.1 Å². The van der Waals surface area contributed by atoms with Gasteiger partial charge in [-0.2, -0.15) is 0 Å². The van der Waals surface area contributed by atoms with E-state index in [-0.39, 0.29) is 17.0 Å². The summed E-state index contributed by atoms with van der Waals surface area (Å²) in [6.45, 7) is 1.30.